The fraction of sp³-hybridized carbons (Fsp3) is 0.600. The molecule has 0 radical (unpaired) electrons. The zero-order chi connectivity index (χ0) is 14.5. The molecular weight excluding hydrogens is 258 g/mol. The van der Waals surface area contributed by atoms with Gasteiger partial charge in [0, 0.05) is 6.04 Å². The van der Waals surface area contributed by atoms with Crippen molar-refractivity contribution in [3.63, 3.8) is 0 Å². The van der Waals surface area contributed by atoms with Crippen molar-refractivity contribution >= 4 is 9.84 Å². The lowest BCUT2D eigenvalue weighted by atomic mass is 10.0. The summed E-state index contributed by atoms with van der Waals surface area (Å²) in [4.78, 5) is 0. The molecule has 0 bridgehead atoms. The third kappa shape index (κ3) is 4.32. The Bertz CT molecular complexity index is 470. The molecule has 0 heterocycles. The van der Waals surface area contributed by atoms with Gasteiger partial charge in [0.15, 0.2) is 9.84 Å². The van der Waals surface area contributed by atoms with E-state index in [4.69, 9.17) is 0 Å². The van der Waals surface area contributed by atoms with Gasteiger partial charge in [0.2, 0.25) is 0 Å². The van der Waals surface area contributed by atoms with Gasteiger partial charge in [-0.15, -0.1) is 0 Å². The van der Waals surface area contributed by atoms with Crippen LogP contribution in [0.4, 0.5) is 0 Å². The molecule has 1 aromatic carbocycles. The maximum absolute atomic E-state index is 12.4. The Kier molecular flexibility index (Phi) is 6.01. The number of sulfone groups is 1. The summed E-state index contributed by atoms with van der Waals surface area (Å²) in [5.41, 5.74) is 1.02. The molecule has 3 unspecified atom stereocenters. The van der Waals surface area contributed by atoms with Crippen molar-refractivity contribution in [2.75, 3.05) is 12.8 Å². The van der Waals surface area contributed by atoms with Crippen molar-refractivity contribution in [3.05, 3.63) is 35.9 Å². The van der Waals surface area contributed by atoms with E-state index in [0.717, 1.165) is 12.0 Å². The average Bonchev–Trinajstić information content (AvgIpc) is 2.40. The average molecular weight is 283 g/mol. The molecule has 0 aliphatic heterocycles. The van der Waals surface area contributed by atoms with E-state index in [1.807, 2.05) is 51.2 Å². The maximum atomic E-state index is 12.4. The summed E-state index contributed by atoms with van der Waals surface area (Å²) in [6, 6.07) is 9.60. The number of rotatable bonds is 7. The van der Waals surface area contributed by atoms with Gasteiger partial charge >= 0.3 is 0 Å². The van der Waals surface area contributed by atoms with Crippen LogP contribution in [0.15, 0.2) is 30.3 Å². The van der Waals surface area contributed by atoms with E-state index >= 15 is 0 Å². The monoisotopic (exact) mass is 283 g/mol. The summed E-state index contributed by atoms with van der Waals surface area (Å²) in [6.45, 7) is 5.81. The van der Waals surface area contributed by atoms with Crippen LogP contribution >= 0.6 is 0 Å². The quantitative estimate of drug-likeness (QED) is 0.837. The van der Waals surface area contributed by atoms with E-state index in [2.05, 4.69) is 5.32 Å². The Morgan fingerprint density at radius 2 is 1.74 bits per heavy atom. The van der Waals surface area contributed by atoms with Crippen molar-refractivity contribution in [2.24, 2.45) is 5.92 Å². The molecule has 0 aromatic heterocycles. The SMILES string of the molecule is CCC(C)CS(=O)(=O)C(C)C(NC)c1ccccc1. The summed E-state index contributed by atoms with van der Waals surface area (Å²) in [5, 5.41) is 2.71. The Labute approximate surface area is 117 Å². The summed E-state index contributed by atoms with van der Waals surface area (Å²) in [7, 11) is -1.28. The first-order valence-corrected chi connectivity index (χ1v) is 8.57. The molecule has 0 spiro atoms. The normalized spacial score (nSPS) is 16.8. The van der Waals surface area contributed by atoms with E-state index in [-0.39, 0.29) is 17.7 Å². The highest BCUT2D eigenvalue weighted by Gasteiger charge is 2.30. The lowest BCUT2D eigenvalue weighted by Gasteiger charge is -2.25. The molecule has 0 amide bonds. The number of hydrogen-bond acceptors (Lipinski definition) is 3. The highest BCUT2D eigenvalue weighted by Crippen LogP contribution is 2.23. The third-order valence-corrected chi connectivity index (χ3v) is 6.16. The van der Waals surface area contributed by atoms with Crippen LogP contribution in [-0.4, -0.2) is 26.5 Å². The second-order valence-corrected chi connectivity index (χ2v) is 7.63. The molecule has 3 nitrogen and oxygen atoms in total. The number of benzene rings is 1. The Morgan fingerprint density at radius 1 is 1.16 bits per heavy atom. The number of nitrogens with one attached hydrogen (secondary N) is 1. The molecule has 1 N–H and O–H groups in total. The second kappa shape index (κ2) is 7.06. The van der Waals surface area contributed by atoms with Gasteiger partial charge in [-0.2, -0.15) is 0 Å². The minimum atomic E-state index is -3.09. The van der Waals surface area contributed by atoms with E-state index in [1.54, 1.807) is 6.92 Å². The summed E-state index contributed by atoms with van der Waals surface area (Å²) < 4.78 is 24.9. The highest BCUT2D eigenvalue weighted by atomic mass is 32.2. The zero-order valence-corrected chi connectivity index (χ0v) is 13.1. The summed E-state index contributed by atoms with van der Waals surface area (Å²) in [5.74, 6) is 0.469. The van der Waals surface area contributed by atoms with Crippen molar-refractivity contribution < 1.29 is 8.42 Å². The lowest BCUT2D eigenvalue weighted by Crippen LogP contribution is -2.36. The van der Waals surface area contributed by atoms with Gasteiger partial charge in [-0.3, -0.25) is 0 Å². The molecule has 3 atom stereocenters. The highest BCUT2D eigenvalue weighted by molar-refractivity contribution is 7.92. The van der Waals surface area contributed by atoms with Gasteiger partial charge in [0.1, 0.15) is 0 Å². The van der Waals surface area contributed by atoms with Gasteiger partial charge in [-0.25, -0.2) is 8.42 Å². The van der Waals surface area contributed by atoms with Crippen LogP contribution in [-0.2, 0) is 9.84 Å². The molecule has 0 saturated carbocycles. The van der Waals surface area contributed by atoms with Crippen LogP contribution in [0.1, 0.15) is 38.8 Å². The molecule has 1 rings (SSSR count). The largest absolute Gasteiger partial charge is 0.312 e. The van der Waals surface area contributed by atoms with E-state index in [1.165, 1.54) is 0 Å². The molecule has 4 heteroatoms. The van der Waals surface area contributed by atoms with Crippen LogP contribution in [0.25, 0.3) is 0 Å². The maximum Gasteiger partial charge on any atom is 0.155 e. The predicted molar refractivity (Wildman–Crippen MR) is 80.9 cm³/mol. The molecule has 1 aromatic rings. The first-order chi connectivity index (χ1) is 8.92. The van der Waals surface area contributed by atoms with Gasteiger partial charge in [-0.05, 0) is 25.5 Å². The lowest BCUT2D eigenvalue weighted by molar-refractivity contribution is 0.516. The fourth-order valence-electron chi connectivity index (χ4n) is 2.21. The van der Waals surface area contributed by atoms with Gasteiger partial charge < -0.3 is 5.32 Å². The van der Waals surface area contributed by atoms with Crippen LogP contribution in [0.3, 0.4) is 0 Å². The van der Waals surface area contributed by atoms with Crippen molar-refractivity contribution in [1.29, 1.82) is 0 Å². The molecule has 0 saturated heterocycles. The Balaban J connectivity index is 2.93. The van der Waals surface area contributed by atoms with Gasteiger partial charge in [0.05, 0.1) is 11.0 Å². The van der Waals surface area contributed by atoms with Gasteiger partial charge in [-0.1, -0.05) is 50.6 Å². The molecular formula is C15H25NO2S. The zero-order valence-electron chi connectivity index (χ0n) is 12.3. The molecule has 19 heavy (non-hydrogen) atoms. The van der Waals surface area contributed by atoms with Crippen LogP contribution in [0.5, 0.6) is 0 Å². The van der Waals surface area contributed by atoms with Crippen LogP contribution in [0, 0.1) is 5.92 Å². The van der Waals surface area contributed by atoms with Crippen LogP contribution < -0.4 is 5.32 Å². The minimum absolute atomic E-state index is 0.157. The molecule has 108 valence electrons. The second-order valence-electron chi connectivity index (χ2n) is 5.23. The van der Waals surface area contributed by atoms with Crippen molar-refractivity contribution in [3.8, 4) is 0 Å². The van der Waals surface area contributed by atoms with E-state index in [9.17, 15) is 8.42 Å². The topological polar surface area (TPSA) is 46.2 Å². The first-order valence-electron chi connectivity index (χ1n) is 6.86. The molecule has 0 fully saturated rings. The van der Waals surface area contributed by atoms with Crippen molar-refractivity contribution in [1.82, 2.24) is 5.32 Å². The van der Waals surface area contributed by atoms with Gasteiger partial charge in [0.25, 0.3) is 0 Å². The smallest absolute Gasteiger partial charge is 0.155 e. The summed E-state index contributed by atoms with van der Waals surface area (Å²) in [6.07, 6.45) is 0.890. The van der Waals surface area contributed by atoms with Crippen LogP contribution in [0.2, 0.25) is 0 Å². The Morgan fingerprint density at radius 3 is 2.21 bits per heavy atom. The number of hydrogen-bond donors (Lipinski definition) is 1. The third-order valence-electron chi connectivity index (χ3n) is 3.72. The summed E-state index contributed by atoms with van der Waals surface area (Å²) >= 11 is 0. The fourth-order valence-corrected chi connectivity index (χ4v) is 4.25. The van der Waals surface area contributed by atoms with E-state index in [0.29, 0.717) is 0 Å². The Hall–Kier alpha value is -0.870. The standard InChI is InChI=1S/C15H25NO2S/c1-5-12(2)11-19(17,18)13(3)15(16-4)14-9-7-6-8-10-14/h6-10,12-13,15-16H,5,11H2,1-4H3. The van der Waals surface area contributed by atoms with E-state index < -0.39 is 15.1 Å². The molecule has 0 aliphatic rings. The van der Waals surface area contributed by atoms with Crippen molar-refractivity contribution in [2.45, 2.75) is 38.5 Å². The minimum Gasteiger partial charge on any atom is -0.312 e. The molecule has 0 aliphatic carbocycles. The first kappa shape index (κ1) is 16.2. The predicted octanol–water partition coefficient (Wildman–Crippen LogP) is 2.80.